The van der Waals surface area contributed by atoms with Crippen LogP contribution in [0.2, 0.25) is 0 Å². The molecule has 0 saturated heterocycles. The van der Waals surface area contributed by atoms with Crippen molar-refractivity contribution < 1.29 is 18.6 Å². The summed E-state index contributed by atoms with van der Waals surface area (Å²) >= 11 is 0. The van der Waals surface area contributed by atoms with E-state index >= 15 is 0 Å². The maximum atomic E-state index is 14.5. The minimum absolute atomic E-state index is 0.0594. The molecule has 0 amide bonds. The van der Waals surface area contributed by atoms with Gasteiger partial charge in [-0.1, -0.05) is 38.8 Å². The predicted octanol–water partition coefficient (Wildman–Crippen LogP) is 6.12. The van der Waals surface area contributed by atoms with E-state index in [-0.39, 0.29) is 17.1 Å². The van der Waals surface area contributed by atoms with E-state index in [0.29, 0.717) is 17.5 Å². The monoisotopic (exact) mass is 348 g/mol. The van der Waals surface area contributed by atoms with Gasteiger partial charge in [0.25, 0.3) is 0 Å². The summed E-state index contributed by atoms with van der Waals surface area (Å²) in [5, 5.41) is 9.91. The van der Waals surface area contributed by atoms with Crippen LogP contribution in [0.25, 0.3) is 0 Å². The van der Waals surface area contributed by atoms with Crippen LogP contribution in [0.3, 0.4) is 0 Å². The van der Waals surface area contributed by atoms with E-state index in [1.807, 2.05) is 6.92 Å². The summed E-state index contributed by atoms with van der Waals surface area (Å²) in [6, 6.07) is 9.23. The SMILES string of the molecule is CCCCCc1ccc(C(F)(F)Oc2cc(C)c(O)c(CC)c2)cc1. The Balaban J connectivity index is 2.14. The largest absolute Gasteiger partial charge is 0.507 e. The third kappa shape index (κ3) is 4.94. The zero-order chi connectivity index (χ0) is 18.4. The van der Waals surface area contributed by atoms with Crippen molar-refractivity contribution in [1.29, 1.82) is 0 Å². The van der Waals surface area contributed by atoms with Crippen molar-refractivity contribution in [3.63, 3.8) is 0 Å². The highest BCUT2D eigenvalue weighted by molar-refractivity contribution is 5.46. The first-order valence-electron chi connectivity index (χ1n) is 8.86. The average Bonchev–Trinajstić information content (AvgIpc) is 2.58. The van der Waals surface area contributed by atoms with Gasteiger partial charge in [-0.2, -0.15) is 8.78 Å². The summed E-state index contributed by atoms with van der Waals surface area (Å²) in [5.41, 5.74) is 2.01. The van der Waals surface area contributed by atoms with Crippen LogP contribution in [0.1, 0.15) is 55.4 Å². The minimum Gasteiger partial charge on any atom is -0.507 e. The molecule has 2 aromatic carbocycles. The number of aromatic hydroxyl groups is 1. The lowest BCUT2D eigenvalue weighted by atomic mass is 10.0. The second-order valence-corrected chi connectivity index (χ2v) is 6.37. The number of hydrogen-bond donors (Lipinski definition) is 1. The second-order valence-electron chi connectivity index (χ2n) is 6.37. The molecule has 1 N–H and O–H groups in total. The molecule has 0 atom stereocenters. The number of alkyl halides is 2. The first kappa shape index (κ1) is 19.2. The first-order chi connectivity index (χ1) is 11.9. The third-order valence-corrected chi connectivity index (χ3v) is 4.34. The molecule has 0 unspecified atom stereocenters. The van der Waals surface area contributed by atoms with Gasteiger partial charge in [0.15, 0.2) is 0 Å². The Morgan fingerprint density at radius 1 is 1.04 bits per heavy atom. The Bertz CT molecular complexity index is 694. The molecular weight excluding hydrogens is 322 g/mol. The van der Waals surface area contributed by atoms with Crippen molar-refractivity contribution >= 4 is 0 Å². The predicted molar refractivity (Wildman–Crippen MR) is 96.4 cm³/mol. The molecule has 0 aliphatic heterocycles. The number of ether oxygens (including phenoxy) is 1. The van der Waals surface area contributed by atoms with Crippen LogP contribution < -0.4 is 4.74 Å². The summed E-state index contributed by atoms with van der Waals surface area (Å²) in [5.74, 6) is 0.193. The third-order valence-electron chi connectivity index (χ3n) is 4.34. The number of rotatable bonds is 8. The number of unbranched alkanes of at least 4 members (excludes halogenated alkanes) is 2. The van der Waals surface area contributed by atoms with Gasteiger partial charge in [-0.3, -0.25) is 0 Å². The number of phenolic OH excluding ortho intramolecular Hbond substituents is 1. The van der Waals surface area contributed by atoms with Crippen LogP contribution in [0, 0.1) is 6.92 Å². The molecule has 0 aromatic heterocycles. The van der Waals surface area contributed by atoms with E-state index in [1.165, 1.54) is 24.3 Å². The van der Waals surface area contributed by atoms with Gasteiger partial charge in [0.2, 0.25) is 0 Å². The van der Waals surface area contributed by atoms with Crippen molar-refractivity contribution in [2.45, 2.75) is 59.0 Å². The maximum Gasteiger partial charge on any atom is 0.426 e. The highest BCUT2D eigenvalue weighted by Gasteiger charge is 2.34. The Morgan fingerprint density at radius 2 is 1.72 bits per heavy atom. The van der Waals surface area contributed by atoms with Gasteiger partial charge in [-0.25, -0.2) is 0 Å². The van der Waals surface area contributed by atoms with E-state index < -0.39 is 6.11 Å². The summed E-state index contributed by atoms with van der Waals surface area (Å²) in [4.78, 5) is 0. The molecule has 2 nitrogen and oxygen atoms in total. The number of benzene rings is 2. The molecule has 0 spiro atoms. The van der Waals surface area contributed by atoms with Crippen LogP contribution in [-0.4, -0.2) is 5.11 Å². The van der Waals surface area contributed by atoms with Crippen LogP contribution in [0.15, 0.2) is 36.4 Å². The second kappa shape index (κ2) is 8.32. The zero-order valence-corrected chi connectivity index (χ0v) is 15.1. The van der Waals surface area contributed by atoms with Gasteiger partial charge < -0.3 is 9.84 Å². The van der Waals surface area contributed by atoms with Gasteiger partial charge in [0.1, 0.15) is 11.5 Å². The molecule has 0 bridgehead atoms. The topological polar surface area (TPSA) is 29.5 Å². The average molecular weight is 348 g/mol. The fraction of sp³-hybridized carbons (Fsp3) is 0.429. The van der Waals surface area contributed by atoms with Gasteiger partial charge >= 0.3 is 6.11 Å². The van der Waals surface area contributed by atoms with Crippen molar-refractivity contribution in [2.24, 2.45) is 0 Å². The lowest BCUT2D eigenvalue weighted by Crippen LogP contribution is -2.22. The van der Waals surface area contributed by atoms with Crippen molar-refractivity contribution in [1.82, 2.24) is 0 Å². The number of aryl methyl sites for hydroxylation is 3. The number of halogens is 2. The molecule has 0 heterocycles. The summed E-state index contributed by atoms with van der Waals surface area (Å²) < 4.78 is 33.9. The van der Waals surface area contributed by atoms with Crippen molar-refractivity contribution in [2.75, 3.05) is 0 Å². The fourth-order valence-corrected chi connectivity index (χ4v) is 2.80. The zero-order valence-electron chi connectivity index (χ0n) is 15.1. The molecule has 4 heteroatoms. The number of hydrogen-bond acceptors (Lipinski definition) is 2. The quantitative estimate of drug-likeness (QED) is 0.582. The van der Waals surface area contributed by atoms with E-state index in [2.05, 4.69) is 6.92 Å². The molecule has 0 saturated carbocycles. The summed E-state index contributed by atoms with van der Waals surface area (Å²) in [7, 11) is 0. The Morgan fingerprint density at radius 3 is 2.32 bits per heavy atom. The Kier molecular flexibility index (Phi) is 6.40. The molecule has 2 aromatic rings. The summed E-state index contributed by atoms with van der Waals surface area (Å²) in [6.07, 6.45) is 1.36. The Labute approximate surface area is 148 Å². The molecule has 25 heavy (non-hydrogen) atoms. The van der Waals surface area contributed by atoms with Gasteiger partial charge in [0.05, 0.1) is 5.56 Å². The van der Waals surface area contributed by atoms with E-state index in [0.717, 1.165) is 31.2 Å². The lowest BCUT2D eigenvalue weighted by molar-refractivity contribution is -0.185. The molecule has 136 valence electrons. The van der Waals surface area contributed by atoms with Crippen LogP contribution in [0.5, 0.6) is 11.5 Å². The van der Waals surface area contributed by atoms with Gasteiger partial charge in [0, 0.05) is 0 Å². The van der Waals surface area contributed by atoms with Crippen molar-refractivity contribution in [3.05, 3.63) is 58.7 Å². The first-order valence-corrected chi connectivity index (χ1v) is 8.86. The molecule has 2 rings (SSSR count). The number of phenols is 1. The van der Waals surface area contributed by atoms with Crippen LogP contribution in [0.4, 0.5) is 8.78 Å². The molecule has 0 radical (unpaired) electrons. The van der Waals surface area contributed by atoms with E-state index in [4.69, 9.17) is 4.74 Å². The highest BCUT2D eigenvalue weighted by atomic mass is 19.3. The van der Waals surface area contributed by atoms with Gasteiger partial charge in [-0.15, -0.1) is 0 Å². The highest BCUT2D eigenvalue weighted by Crippen LogP contribution is 2.35. The van der Waals surface area contributed by atoms with Crippen molar-refractivity contribution in [3.8, 4) is 11.5 Å². The summed E-state index contributed by atoms with van der Waals surface area (Å²) in [6.45, 7) is 5.66. The fourth-order valence-electron chi connectivity index (χ4n) is 2.80. The minimum atomic E-state index is -3.42. The van der Waals surface area contributed by atoms with Crippen LogP contribution >= 0.6 is 0 Å². The standard InChI is InChI=1S/C21H26F2O2/c1-4-6-7-8-16-9-11-18(12-10-16)21(22,23)25-19-13-15(3)20(24)17(5-2)14-19/h9-14,24H,4-8H2,1-3H3. The van der Waals surface area contributed by atoms with Crippen LogP contribution in [-0.2, 0) is 19.0 Å². The normalized spacial score (nSPS) is 11.6. The molecular formula is C21H26F2O2. The molecule has 0 fully saturated rings. The smallest absolute Gasteiger partial charge is 0.426 e. The maximum absolute atomic E-state index is 14.5. The van der Waals surface area contributed by atoms with Gasteiger partial charge in [-0.05, 0) is 67.1 Å². The lowest BCUT2D eigenvalue weighted by Gasteiger charge is -2.20. The molecule has 0 aliphatic carbocycles. The Hall–Kier alpha value is -2.10. The van der Waals surface area contributed by atoms with E-state index in [9.17, 15) is 13.9 Å². The molecule has 0 aliphatic rings. The van der Waals surface area contributed by atoms with E-state index in [1.54, 1.807) is 19.1 Å².